The zero-order valence-corrected chi connectivity index (χ0v) is 10.7. The van der Waals surface area contributed by atoms with Gasteiger partial charge in [0.2, 0.25) is 10.0 Å². The molecule has 2 fully saturated rings. The summed E-state index contributed by atoms with van der Waals surface area (Å²) in [6.45, 7) is 5.55. The number of likely N-dealkylation sites (N-methyl/N-ethyl adjacent to an activating group) is 1. The Balaban J connectivity index is 1.76. The van der Waals surface area contributed by atoms with E-state index in [1.807, 2.05) is 0 Å². The maximum atomic E-state index is 11.9. The van der Waals surface area contributed by atoms with Crippen LogP contribution < -0.4 is 5.32 Å². The summed E-state index contributed by atoms with van der Waals surface area (Å²) in [6, 6.07) is 0. The van der Waals surface area contributed by atoms with Crippen molar-refractivity contribution in [3.63, 3.8) is 0 Å². The smallest absolute Gasteiger partial charge is 0.216 e. The lowest BCUT2D eigenvalue weighted by atomic mass is 10.3. The zero-order valence-electron chi connectivity index (χ0n) is 9.85. The van der Waals surface area contributed by atoms with Gasteiger partial charge in [0, 0.05) is 46.3 Å². The molecule has 1 saturated heterocycles. The van der Waals surface area contributed by atoms with Gasteiger partial charge in [-0.05, 0) is 12.8 Å². The van der Waals surface area contributed by atoms with E-state index < -0.39 is 10.0 Å². The summed E-state index contributed by atoms with van der Waals surface area (Å²) in [6.07, 6.45) is 1.70. The fourth-order valence-electron chi connectivity index (χ4n) is 1.96. The summed E-state index contributed by atoms with van der Waals surface area (Å²) in [5, 5.41) is 3.20. The van der Waals surface area contributed by atoms with Crippen LogP contribution in [-0.4, -0.2) is 69.2 Å². The van der Waals surface area contributed by atoms with Crippen molar-refractivity contribution in [3.8, 4) is 0 Å². The largest absolute Gasteiger partial charge is 0.314 e. The predicted molar refractivity (Wildman–Crippen MR) is 63.9 cm³/mol. The highest BCUT2D eigenvalue weighted by Gasteiger charge is 2.38. The van der Waals surface area contributed by atoms with Crippen LogP contribution in [0, 0.1) is 0 Å². The van der Waals surface area contributed by atoms with Gasteiger partial charge in [-0.25, -0.2) is 12.7 Å². The second-order valence-electron chi connectivity index (χ2n) is 4.66. The average Bonchev–Trinajstić information content (AvgIpc) is 3.11. The molecule has 2 rings (SSSR count). The molecule has 16 heavy (non-hydrogen) atoms. The lowest BCUT2D eigenvalue weighted by Gasteiger charge is -2.28. The molecule has 0 spiro atoms. The number of sulfonamides is 1. The van der Waals surface area contributed by atoms with Gasteiger partial charge in [0.25, 0.3) is 0 Å². The minimum absolute atomic E-state index is 0.0828. The average molecular weight is 247 g/mol. The minimum atomic E-state index is -2.98. The normalized spacial score (nSPS) is 23.9. The standard InChI is InChI=1S/C10H21N3O2S/c1-12(16(14,15)10-2-3-10)8-9-13-6-4-11-5-7-13/h10-11H,2-9H2,1H3. The summed E-state index contributed by atoms with van der Waals surface area (Å²) in [5.41, 5.74) is 0. The molecule has 0 aromatic carbocycles. The molecule has 0 amide bonds. The van der Waals surface area contributed by atoms with Crippen LogP contribution in [0.3, 0.4) is 0 Å². The molecule has 5 nitrogen and oxygen atoms in total. The van der Waals surface area contributed by atoms with Gasteiger partial charge in [0.1, 0.15) is 0 Å². The SMILES string of the molecule is CN(CCN1CCNCC1)S(=O)(=O)C1CC1. The van der Waals surface area contributed by atoms with E-state index in [0.717, 1.165) is 45.6 Å². The van der Waals surface area contributed by atoms with Gasteiger partial charge in [0.15, 0.2) is 0 Å². The lowest BCUT2D eigenvalue weighted by Crippen LogP contribution is -2.46. The van der Waals surface area contributed by atoms with Crippen molar-refractivity contribution in [2.45, 2.75) is 18.1 Å². The topological polar surface area (TPSA) is 52.6 Å². The Kier molecular flexibility index (Phi) is 3.84. The Morgan fingerprint density at radius 3 is 2.50 bits per heavy atom. The Labute approximate surface area is 97.8 Å². The van der Waals surface area contributed by atoms with E-state index in [0.29, 0.717) is 6.54 Å². The summed E-state index contributed by atoms with van der Waals surface area (Å²) in [5.74, 6) is 0. The number of hydrogen-bond acceptors (Lipinski definition) is 4. The number of rotatable bonds is 5. The van der Waals surface area contributed by atoms with Crippen LogP contribution in [0.2, 0.25) is 0 Å². The molecular weight excluding hydrogens is 226 g/mol. The molecule has 1 aliphatic heterocycles. The molecule has 0 bridgehead atoms. The van der Waals surface area contributed by atoms with Gasteiger partial charge in [0.05, 0.1) is 5.25 Å². The van der Waals surface area contributed by atoms with Gasteiger partial charge < -0.3 is 5.32 Å². The molecule has 0 aromatic heterocycles. The van der Waals surface area contributed by atoms with Crippen LogP contribution in [0.1, 0.15) is 12.8 Å². The van der Waals surface area contributed by atoms with Crippen LogP contribution in [0.4, 0.5) is 0 Å². The van der Waals surface area contributed by atoms with E-state index in [1.165, 1.54) is 4.31 Å². The Bertz CT molecular complexity index is 321. The van der Waals surface area contributed by atoms with Crippen LogP contribution in [0.15, 0.2) is 0 Å². The highest BCUT2D eigenvalue weighted by Crippen LogP contribution is 2.30. The first-order valence-electron chi connectivity index (χ1n) is 5.99. The number of hydrogen-bond donors (Lipinski definition) is 1. The first-order valence-corrected chi connectivity index (χ1v) is 7.49. The number of nitrogens with zero attached hydrogens (tertiary/aromatic N) is 2. The van der Waals surface area contributed by atoms with E-state index in [9.17, 15) is 8.42 Å². The first-order chi connectivity index (χ1) is 7.60. The second-order valence-corrected chi connectivity index (χ2v) is 6.98. The van der Waals surface area contributed by atoms with Crippen molar-refractivity contribution in [1.29, 1.82) is 0 Å². The van der Waals surface area contributed by atoms with E-state index in [4.69, 9.17) is 0 Å². The van der Waals surface area contributed by atoms with Gasteiger partial charge in [-0.15, -0.1) is 0 Å². The van der Waals surface area contributed by atoms with Crippen molar-refractivity contribution in [1.82, 2.24) is 14.5 Å². The molecule has 0 radical (unpaired) electrons. The monoisotopic (exact) mass is 247 g/mol. The van der Waals surface area contributed by atoms with Crippen LogP contribution in [0.5, 0.6) is 0 Å². The molecule has 1 N–H and O–H groups in total. The van der Waals surface area contributed by atoms with E-state index in [1.54, 1.807) is 7.05 Å². The lowest BCUT2D eigenvalue weighted by molar-refractivity contribution is 0.229. The summed E-state index contributed by atoms with van der Waals surface area (Å²) in [4.78, 5) is 2.31. The third kappa shape index (κ3) is 2.94. The summed E-state index contributed by atoms with van der Waals surface area (Å²) >= 11 is 0. The van der Waals surface area contributed by atoms with Crippen molar-refractivity contribution in [2.24, 2.45) is 0 Å². The summed E-state index contributed by atoms with van der Waals surface area (Å²) < 4.78 is 25.3. The molecule has 1 saturated carbocycles. The highest BCUT2D eigenvalue weighted by molar-refractivity contribution is 7.90. The Morgan fingerprint density at radius 1 is 1.31 bits per heavy atom. The molecular formula is C10H21N3O2S. The molecule has 1 heterocycles. The third-order valence-electron chi connectivity index (χ3n) is 3.32. The Morgan fingerprint density at radius 2 is 1.94 bits per heavy atom. The fourth-order valence-corrected chi connectivity index (χ4v) is 3.54. The van der Waals surface area contributed by atoms with Crippen molar-refractivity contribution in [3.05, 3.63) is 0 Å². The quantitative estimate of drug-likeness (QED) is 0.699. The van der Waals surface area contributed by atoms with Crippen molar-refractivity contribution in [2.75, 3.05) is 46.3 Å². The maximum absolute atomic E-state index is 11.9. The maximum Gasteiger partial charge on any atom is 0.216 e. The molecule has 0 aromatic rings. The number of nitrogens with one attached hydrogen (secondary N) is 1. The van der Waals surface area contributed by atoms with Gasteiger partial charge in [-0.2, -0.15) is 0 Å². The van der Waals surface area contributed by atoms with Crippen LogP contribution in [-0.2, 0) is 10.0 Å². The molecule has 0 unspecified atom stereocenters. The van der Waals surface area contributed by atoms with Crippen LogP contribution >= 0.6 is 0 Å². The Hall–Kier alpha value is -0.170. The molecule has 1 aliphatic carbocycles. The number of piperazine rings is 1. The molecule has 2 aliphatic rings. The summed E-state index contributed by atoms with van der Waals surface area (Å²) in [7, 11) is -1.27. The predicted octanol–water partition coefficient (Wildman–Crippen LogP) is -0.684. The second kappa shape index (κ2) is 5.00. The van der Waals surface area contributed by atoms with Crippen molar-refractivity contribution >= 4 is 10.0 Å². The van der Waals surface area contributed by atoms with Crippen molar-refractivity contribution < 1.29 is 8.42 Å². The third-order valence-corrected chi connectivity index (χ3v) is 5.69. The minimum Gasteiger partial charge on any atom is -0.314 e. The molecule has 0 atom stereocenters. The zero-order chi connectivity index (χ0) is 11.6. The van der Waals surface area contributed by atoms with E-state index in [-0.39, 0.29) is 5.25 Å². The molecule has 94 valence electrons. The van der Waals surface area contributed by atoms with Crippen LogP contribution in [0.25, 0.3) is 0 Å². The van der Waals surface area contributed by atoms with E-state index >= 15 is 0 Å². The first kappa shape index (κ1) is 12.3. The highest BCUT2D eigenvalue weighted by atomic mass is 32.2. The fraction of sp³-hybridized carbons (Fsp3) is 1.00. The van der Waals surface area contributed by atoms with Gasteiger partial charge in [-0.3, -0.25) is 4.90 Å². The van der Waals surface area contributed by atoms with Gasteiger partial charge in [-0.1, -0.05) is 0 Å². The van der Waals surface area contributed by atoms with E-state index in [2.05, 4.69) is 10.2 Å². The molecule has 6 heteroatoms. The van der Waals surface area contributed by atoms with Gasteiger partial charge >= 0.3 is 0 Å².